The van der Waals surface area contributed by atoms with Crippen LogP contribution in [-0.2, 0) is 6.54 Å². The Morgan fingerprint density at radius 1 is 1.14 bits per heavy atom. The minimum atomic E-state index is -0.0721. The first-order valence-electron chi connectivity index (χ1n) is 9.52. The Morgan fingerprint density at radius 3 is 2.55 bits per heavy atom. The summed E-state index contributed by atoms with van der Waals surface area (Å²) in [7, 11) is 1.64. The van der Waals surface area contributed by atoms with Crippen molar-refractivity contribution >= 4 is 5.91 Å². The molecule has 1 aliphatic heterocycles. The van der Waals surface area contributed by atoms with Crippen LogP contribution in [0.2, 0.25) is 0 Å². The summed E-state index contributed by atoms with van der Waals surface area (Å²) in [5, 5.41) is 0. The van der Waals surface area contributed by atoms with Crippen LogP contribution in [-0.4, -0.2) is 63.9 Å². The Labute approximate surface area is 169 Å². The van der Waals surface area contributed by atoms with E-state index in [1.54, 1.807) is 13.3 Å². The van der Waals surface area contributed by atoms with E-state index in [-0.39, 0.29) is 5.91 Å². The molecule has 0 aliphatic carbocycles. The topological polar surface area (TPSA) is 84.6 Å². The summed E-state index contributed by atoms with van der Waals surface area (Å²) >= 11 is 0. The molecule has 8 heteroatoms. The van der Waals surface area contributed by atoms with Crippen LogP contribution in [0.5, 0.6) is 5.75 Å². The van der Waals surface area contributed by atoms with Gasteiger partial charge in [0.2, 0.25) is 5.89 Å². The number of nitrogens with zero attached hydrogens (tertiary/aromatic N) is 5. The summed E-state index contributed by atoms with van der Waals surface area (Å²) in [6.07, 6.45) is 4.61. The number of aryl methyl sites for hydroxylation is 1. The maximum absolute atomic E-state index is 12.5. The molecule has 1 fully saturated rings. The third-order valence-electron chi connectivity index (χ3n) is 5.04. The summed E-state index contributed by atoms with van der Waals surface area (Å²) in [6.45, 7) is 5.48. The van der Waals surface area contributed by atoms with Gasteiger partial charge in [0.15, 0.2) is 0 Å². The molecule has 3 aromatic rings. The molecule has 3 heterocycles. The van der Waals surface area contributed by atoms with Crippen LogP contribution in [0.1, 0.15) is 21.9 Å². The highest BCUT2D eigenvalue weighted by atomic mass is 16.5. The van der Waals surface area contributed by atoms with E-state index < -0.39 is 0 Å². The number of rotatable bonds is 5. The van der Waals surface area contributed by atoms with Gasteiger partial charge in [-0.1, -0.05) is 0 Å². The van der Waals surface area contributed by atoms with Gasteiger partial charge in [-0.2, -0.15) is 0 Å². The second-order valence-corrected chi connectivity index (χ2v) is 6.91. The highest BCUT2D eigenvalue weighted by Crippen LogP contribution is 2.25. The van der Waals surface area contributed by atoms with E-state index in [1.807, 2.05) is 36.1 Å². The highest BCUT2D eigenvalue weighted by Gasteiger charge is 2.24. The number of piperazine rings is 1. The molecular formula is C21H23N5O3. The molecule has 150 valence electrons. The van der Waals surface area contributed by atoms with Crippen molar-refractivity contribution in [1.82, 2.24) is 24.8 Å². The number of benzene rings is 1. The maximum atomic E-state index is 12.5. The van der Waals surface area contributed by atoms with E-state index >= 15 is 0 Å². The average molecular weight is 393 g/mol. The van der Waals surface area contributed by atoms with Gasteiger partial charge in [0.1, 0.15) is 17.2 Å². The predicted octanol–water partition coefficient (Wildman–Crippen LogP) is 2.41. The molecular weight excluding hydrogens is 370 g/mol. The van der Waals surface area contributed by atoms with Gasteiger partial charge < -0.3 is 14.1 Å². The van der Waals surface area contributed by atoms with E-state index in [0.29, 0.717) is 31.2 Å². The minimum Gasteiger partial charge on any atom is -0.497 e. The summed E-state index contributed by atoms with van der Waals surface area (Å²) in [5.41, 5.74) is 2.22. The van der Waals surface area contributed by atoms with Crippen molar-refractivity contribution in [3.05, 3.63) is 60.0 Å². The number of hydrogen-bond donors (Lipinski definition) is 0. The van der Waals surface area contributed by atoms with Gasteiger partial charge in [0.25, 0.3) is 5.91 Å². The average Bonchev–Trinajstić information content (AvgIpc) is 3.14. The third-order valence-corrected chi connectivity index (χ3v) is 5.04. The van der Waals surface area contributed by atoms with Gasteiger partial charge >= 0.3 is 0 Å². The van der Waals surface area contributed by atoms with Crippen LogP contribution < -0.4 is 4.74 Å². The van der Waals surface area contributed by atoms with Crippen LogP contribution in [0.25, 0.3) is 11.5 Å². The molecule has 0 bridgehead atoms. The third kappa shape index (κ3) is 4.27. The number of carbonyl (C=O) groups excluding carboxylic acids is 1. The van der Waals surface area contributed by atoms with Gasteiger partial charge in [-0.05, 0) is 31.2 Å². The van der Waals surface area contributed by atoms with Crippen molar-refractivity contribution in [1.29, 1.82) is 0 Å². The number of ether oxygens (including phenoxy) is 1. The number of amides is 1. The second kappa shape index (κ2) is 8.40. The van der Waals surface area contributed by atoms with Gasteiger partial charge in [-0.15, -0.1) is 0 Å². The lowest BCUT2D eigenvalue weighted by Gasteiger charge is -2.34. The summed E-state index contributed by atoms with van der Waals surface area (Å²) in [6, 6.07) is 7.65. The van der Waals surface area contributed by atoms with Crippen LogP contribution in [0.3, 0.4) is 0 Å². The first kappa shape index (κ1) is 19.1. The Hall–Kier alpha value is -3.26. The molecule has 2 aromatic heterocycles. The van der Waals surface area contributed by atoms with Gasteiger partial charge in [0, 0.05) is 50.7 Å². The fourth-order valence-corrected chi connectivity index (χ4v) is 3.32. The van der Waals surface area contributed by atoms with Crippen LogP contribution in [0.4, 0.5) is 0 Å². The lowest BCUT2D eigenvalue weighted by Crippen LogP contribution is -2.48. The van der Waals surface area contributed by atoms with E-state index in [0.717, 1.165) is 35.9 Å². The molecule has 0 atom stereocenters. The number of aromatic nitrogens is 3. The molecule has 29 heavy (non-hydrogen) atoms. The molecule has 1 amide bonds. The molecule has 8 nitrogen and oxygen atoms in total. The summed E-state index contributed by atoms with van der Waals surface area (Å²) in [4.78, 5) is 29.3. The largest absolute Gasteiger partial charge is 0.497 e. The molecule has 0 radical (unpaired) electrons. The maximum Gasteiger partial charge on any atom is 0.274 e. The van der Waals surface area contributed by atoms with Gasteiger partial charge in [0.05, 0.1) is 19.0 Å². The lowest BCUT2D eigenvalue weighted by atomic mass is 10.2. The first-order valence-corrected chi connectivity index (χ1v) is 9.52. The first-order chi connectivity index (χ1) is 14.1. The molecule has 0 saturated carbocycles. The molecule has 0 N–H and O–H groups in total. The quantitative estimate of drug-likeness (QED) is 0.658. The summed E-state index contributed by atoms with van der Waals surface area (Å²) in [5.74, 6) is 2.15. The minimum absolute atomic E-state index is 0.0721. The van der Waals surface area contributed by atoms with Crippen molar-refractivity contribution in [3.8, 4) is 17.2 Å². The number of methoxy groups -OCH3 is 1. The fraction of sp³-hybridized carbons (Fsp3) is 0.333. The zero-order chi connectivity index (χ0) is 20.2. The van der Waals surface area contributed by atoms with Crippen molar-refractivity contribution in [3.63, 3.8) is 0 Å². The van der Waals surface area contributed by atoms with E-state index in [1.165, 1.54) is 12.4 Å². The monoisotopic (exact) mass is 393 g/mol. The summed E-state index contributed by atoms with van der Waals surface area (Å²) < 4.78 is 11.1. The molecule has 0 unspecified atom stereocenters. The van der Waals surface area contributed by atoms with E-state index in [2.05, 4.69) is 19.9 Å². The normalized spacial score (nSPS) is 14.8. The van der Waals surface area contributed by atoms with E-state index in [4.69, 9.17) is 9.15 Å². The van der Waals surface area contributed by atoms with E-state index in [9.17, 15) is 4.79 Å². The smallest absolute Gasteiger partial charge is 0.274 e. The standard InChI is InChI=1S/C21H23N5O3/c1-15-19(24-20(29-15)16-3-5-17(28-2)6-4-16)14-25-9-11-26(12-10-25)21(27)18-13-22-7-8-23-18/h3-8,13H,9-12,14H2,1-2H3. The Kier molecular flexibility index (Phi) is 5.53. The van der Waals surface area contributed by atoms with Crippen molar-refractivity contribution < 1.29 is 13.9 Å². The molecule has 4 rings (SSSR count). The number of carbonyl (C=O) groups is 1. The molecule has 0 spiro atoms. The Bertz CT molecular complexity index is 964. The molecule has 1 saturated heterocycles. The molecule has 1 aliphatic rings. The van der Waals surface area contributed by atoms with Gasteiger partial charge in [-0.25, -0.2) is 9.97 Å². The predicted molar refractivity (Wildman–Crippen MR) is 106 cm³/mol. The van der Waals surface area contributed by atoms with Crippen molar-refractivity contribution in [2.24, 2.45) is 0 Å². The zero-order valence-electron chi connectivity index (χ0n) is 16.5. The fourth-order valence-electron chi connectivity index (χ4n) is 3.32. The molecule has 1 aromatic carbocycles. The highest BCUT2D eigenvalue weighted by molar-refractivity contribution is 5.92. The van der Waals surface area contributed by atoms with Crippen LogP contribution in [0, 0.1) is 6.92 Å². The number of hydrogen-bond acceptors (Lipinski definition) is 7. The SMILES string of the molecule is COc1ccc(-c2nc(CN3CCN(C(=O)c4cnccn4)CC3)c(C)o2)cc1. The lowest BCUT2D eigenvalue weighted by molar-refractivity contribution is 0.0620. The van der Waals surface area contributed by atoms with Crippen LogP contribution in [0.15, 0.2) is 47.3 Å². The number of oxazole rings is 1. The van der Waals surface area contributed by atoms with Crippen LogP contribution >= 0.6 is 0 Å². The Morgan fingerprint density at radius 2 is 1.90 bits per heavy atom. The van der Waals surface area contributed by atoms with Crippen molar-refractivity contribution in [2.75, 3.05) is 33.3 Å². The second-order valence-electron chi connectivity index (χ2n) is 6.91. The van der Waals surface area contributed by atoms with Gasteiger partial charge in [-0.3, -0.25) is 14.7 Å². The van der Waals surface area contributed by atoms with Crippen molar-refractivity contribution in [2.45, 2.75) is 13.5 Å². The zero-order valence-corrected chi connectivity index (χ0v) is 16.5. The Balaban J connectivity index is 1.37.